The fraction of sp³-hybridized carbons (Fsp3) is 0.273. The van der Waals surface area contributed by atoms with Crippen LogP contribution in [-0.4, -0.2) is 10.2 Å². The van der Waals surface area contributed by atoms with Crippen molar-refractivity contribution < 1.29 is 0 Å². The Hall–Kier alpha value is -1.26. The molecule has 0 aliphatic rings. The van der Waals surface area contributed by atoms with Gasteiger partial charge in [0.15, 0.2) is 0 Å². The monoisotopic (exact) mass is 219 g/mol. The lowest BCUT2D eigenvalue weighted by Gasteiger charge is -1.96. The minimum atomic E-state index is -0.0213. The highest BCUT2D eigenvalue weighted by atomic mass is 32.1. The van der Waals surface area contributed by atoms with Crippen molar-refractivity contribution in [3.05, 3.63) is 45.9 Å². The van der Waals surface area contributed by atoms with Crippen LogP contribution in [0, 0.1) is 0 Å². The third-order valence-electron chi connectivity index (χ3n) is 2.07. The number of hydrogen-bond donors (Lipinski definition) is 1. The fourth-order valence-corrected chi connectivity index (χ4v) is 2.12. The van der Waals surface area contributed by atoms with Crippen molar-refractivity contribution in [1.29, 1.82) is 0 Å². The van der Waals surface area contributed by atoms with E-state index in [4.69, 9.17) is 5.73 Å². The first-order valence-corrected chi connectivity index (χ1v) is 5.69. The van der Waals surface area contributed by atoms with E-state index in [9.17, 15) is 0 Å². The summed E-state index contributed by atoms with van der Waals surface area (Å²) in [5.74, 6) is 0. The van der Waals surface area contributed by atoms with Crippen molar-refractivity contribution in [2.45, 2.75) is 19.4 Å². The SMILES string of the molecule is CC(N)c1nnc(Cc2ccccc2)s1. The summed E-state index contributed by atoms with van der Waals surface area (Å²) in [5, 5.41) is 10.1. The van der Waals surface area contributed by atoms with Gasteiger partial charge in [0.05, 0.1) is 6.04 Å². The molecule has 3 nitrogen and oxygen atoms in total. The summed E-state index contributed by atoms with van der Waals surface area (Å²) >= 11 is 1.59. The number of nitrogens with zero attached hydrogens (tertiary/aromatic N) is 2. The van der Waals surface area contributed by atoms with Crippen molar-refractivity contribution in [1.82, 2.24) is 10.2 Å². The predicted molar refractivity (Wildman–Crippen MR) is 61.8 cm³/mol. The molecule has 1 aromatic heterocycles. The molecule has 1 aromatic carbocycles. The summed E-state index contributed by atoms with van der Waals surface area (Å²) in [7, 11) is 0. The largest absolute Gasteiger partial charge is 0.322 e. The summed E-state index contributed by atoms with van der Waals surface area (Å²) < 4.78 is 0. The maximum absolute atomic E-state index is 5.73. The molecule has 0 saturated carbocycles. The molecule has 0 radical (unpaired) electrons. The van der Waals surface area contributed by atoms with E-state index < -0.39 is 0 Å². The van der Waals surface area contributed by atoms with Crippen LogP contribution in [0.4, 0.5) is 0 Å². The fourth-order valence-electron chi connectivity index (χ4n) is 1.29. The zero-order valence-electron chi connectivity index (χ0n) is 8.55. The first-order chi connectivity index (χ1) is 7.25. The normalized spacial score (nSPS) is 12.7. The number of nitrogens with two attached hydrogens (primary N) is 1. The molecule has 0 aliphatic heterocycles. The average Bonchev–Trinajstić information content (AvgIpc) is 2.68. The molecule has 4 heteroatoms. The van der Waals surface area contributed by atoms with E-state index in [1.54, 1.807) is 11.3 Å². The molecular weight excluding hydrogens is 206 g/mol. The lowest BCUT2D eigenvalue weighted by Crippen LogP contribution is -2.03. The van der Waals surface area contributed by atoms with E-state index >= 15 is 0 Å². The molecule has 2 aromatic rings. The molecule has 0 fully saturated rings. The predicted octanol–water partition coefficient (Wildman–Crippen LogP) is 2.15. The van der Waals surface area contributed by atoms with Crippen molar-refractivity contribution in [3.63, 3.8) is 0 Å². The molecule has 0 saturated heterocycles. The molecule has 0 amide bonds. The molecule has 2 rings (SSSR count). The maximum atomic E-state index is 5.73. The summed E-state index contributed by atoms with van der Waals surface area (Å²) in [5.41, 5.74) is 6.98. The Morgan fingerprint density at radius 3 is 2.60 bits per heavy atom. The minimum absolute atomic E-state index is 0.0213. The first-order valence-electron chi connectivity index (χ1n) is 4.87. The van der Waals surface area contributed by atoms with Gasteiger partial charge in [0, 0.05) is 6.42 Å². The molecule has 78 valence electrons. The van der Waals surface area contributed by atoms with E-state index in [0.29, 0.717) is 0 Å². The third-order valence-corrected chi connectivity index (χ3v) is 3.19. The van der Waals surface area contributed by atoms with Gasteiger partial charge in [0.1, 0.15) is 10.0 Å². The standard InChI is InChI=1S/C11H13N3S/c1-8(12)11-14-13-10(15-11)7-9-5-3-2-4-6-9/h2-6,8H,7,12H2,1H3. The van der Waals surface area contributed by atoms with Crippen molar-refractivity contribution in [2.75, 3.05) is 0 Å². The summed E-state index contributed by atoms with van der Waals surface area (Å²) in [4.78, 5) is 0. The molecule has 15 heavy (non-hydrogen) atoms. The Morgan fingerprint density at radius 1 is 1.27 bits per heavy atom. The van der Waals surface area contributed by atoms with Gasteiger partial charge >= 0.3 is 0 Å². The Labute approximate surface area is 93.0 Å². The molecule has 0 aliphatic carbocycles. The van der Waals surface area contributed by atoms with Crippen LogP contribution in [0.15, 0.2) is 30.3 Å². The zero-order valence-corrected chi connectivity index (χ0v) is 9.37. The van der Waals surface area contributed by atoms with Crippen LogP contribution < -0.4 is 5.73 Å². The molecule has 1 unspecified atom stereocenters. The Bertz CT molecular complexity index is 422. The van der Waals surface area contributed by atoms with Crippen LogP contribution in [0.1, 0.15) is 28.5 Å². The highest BCUT2D eigenvalue weighted by Crippen LogP contribution is 2.18. The topological polar surface area (TPSA) is 51.8 Å². The summed E-state index contributed by atoms with van der Waals surface area (Å²) in [6.07, 6.45) is 0.839. The van der Waals surface area contributed by atoms with Gasteiger partial charge < -0.3 is 5.73 Å². The number of aromatic nitrogens is 2. The van der Waals surface area contributed by atoms with Gasteiger partial charge in [-0.25, -0.2) is 0 Å². The molecular formula is C11H13N3S. The van der Waals surface area contributed by atoms with Gasteiger partial charge in [0.2, 0.25) is 0 Å². The maximum Gasteiger partial charge on any atom is 0.133 e. The van der Waals surface area contributed by atoms with Crippen LogP contribution in [0.3, 0.4) is 0 Å². The van der Waals surface area contributed by atoms with E-state index in [1.807, 2.05) is 25.1 Å². The van der Waals surface area contributed by atoms with Gasteiger partial charge in [-0.15, -0.1) is 10.2 Å². The van der Waals surface area contributed by atoms with Gasteiger partial charge in [-0.3, -0.25) is 0 Å². The molecule has 0 bridgehead atoms. The van der Waals surface area contributed by atoms with Crippen molar-refractivity contribution in [2.24, 2.45) is 5.73 Å². The second kappa shape index (κ2) is 4.51. The van der Waals surface area contributed by atoms with E-state index in [2.05, 4.69) is 22.3 Å². The molecule has 1 heterocycles. The van der Waals surface area contributed by atoms with Crippen LogP contribution in [-0.2, 0) is 6.42 Å². The van der Waals surface area contributed by atoms with Crippen molar-refractivity contribution in [3.8, 4) is 0 Å². The Kier molecular flexibility index (Phi) is 3.08. The second-order valence-electron chi connectivity index (χ2n) is 3.49. The quantitative estimate of drug-likeness (QED) is 0.860. The first kappa shape index (κ1) is 10.3. The van der Waals surface area contributed by atoms with E-state index in [0.717, 1.165) is 16.4 Å². The smallest absolute Gasteiger partial charge is 0.133 e. The van der Waals surface area contributed by atoms with Gasteiger partial charge in [0.25, 0.3) is 0 Å². The average molecular weight is 219 g/mol. The molecule has 2 N–H and O–H groups in total. The minimum Gasteiger partial charge on any atom is -0.322 e. The molecule has 1 atom stereocenters. The second-order valence-corrected chi connectivity index (χ2v) is 4.58. The van der Waals surface area contributed by atoms with Crippen molar-refractivity contribution >= 4 is 11.3 Å². The number of hydrogen-bond acceptors (Lipinski definition) is 4. The highest BCUT2D eigenvalue weighted by molar-refractivity contribution is 7.11. The van der Waals surface area contributed by atoms with E-state index in [-0.39, 0.29) is 6.04 Å². The summed E-state index contributed by atoms with van der Waals surface area (Å²) in [6.45, 7) is 1.92. The van der Waals surface area contributed by atoms with E-state index in [1.165, 1.54) is 5.56 Å². The Morgan fingerprint density at radius 2 is 2.00 bits per heavy atom. The summed E-state index contributed by atoms with van der Waals surface area (Å²) in [6, 6.07) is 10.2. The zero-order chi connectivity index (χ0) is 10.7. The lowest BCUT2D eigenvalue weighted by atomic mass is 10.2. The lowest BCUT2D eigenvalue weighted by molar-refractivity contribution is 0.782. The van der Waals surface area contributed by atoms with Gasteiger partial charge in [-0.2, -0.15) is 0 Å². The number of benzene rings is 1. The van der Waals surface area contributed by atoms with Gasteiger partial charge in [-0.1, -0.05) is 41.7 Å². The number of rotatable bonds is 3. The van der Waals surface area contributed by atoms with Gasteiger partial charge in [-0.05, 0) is 12.5 Å². The molecule has 0 spiro atoms. The van der Waals surface area contributed by atoms with Crippen LogP contribution in [0.5, 0.6) is 0 Å². The highest BCUT2D eigenvalue weighted by Gasteiger charge is 2.07. The Balaban J connectivity index is 2.12. The van der Waals surface area contributed by atoms with Crippen LogP contribution in [0.25, 0.3) is 0 Å². The van der Waals surface area contributed by atoms with Crippen LogP contribution in [0.2, 0.25) is 0 Å². The van der Waals surface area contributed by atoms with Crippen LogP contribution >= 0.6 is 11.3 Å². The third kappa shape index (κ3) is 2.61.